The van der Waals surface area contributed by atoms with Crippen molar-refractivity contribution >= 4 is 11.5 Å². The third-order valence-electron chi connectivity index (χ3n) is 3.09. The molecule has 1 aromatic heterocycles. The Bertz CT molecular complexity index is 545. The van der Waals surface area contributed by atoms with Crippen molar-refractivity contribution in [1.82, 2.24) is 9.78 Å². The molecule has 0 bridgehead atoms. The topological polar surface area (TPSA) is 55.9 Å². The Labute approximate surface area is 112 Å². The van der Waals surface area contributed by atoms with Crippen LogP contribution in [-0.4, -0.2) is 16.3 Å². The van der Waals surface area contributed by atoms with E-state index >= 15 is 0 Å². The fourth-order valence-electron chi connectivity index (χ4n) is 1.99. The largest absolute Gasteiger partial charge is 0.394 e. The van der Waals surface area contributed by atoms with Crippen LogP contribution in [0, 0.1) is 12.7 Å². The highest BCUT2D eigenvalue weighted by atomic mass is 19.1. The number of benzene rings is 1. The van der Waals surface area contributed by atoms with Gasteiger partial charge in [0.15, 0.2) is 0 Å². The fraction of sp³-hybridized carbons (Fsp3) is 0.357. The molecule has 5 heteroatoms. The van der Waals surface area contributed by atoms with Crippen LogP contribution in [0.25, 0.3) is 0 Å². The van der Waals surface area contributed by atoms with Crippen molar-refractivity contribution in [2.24, 2.45) is 0 Å². The number of nitrogens with one attached hydrogen (secondary N) is 1. The summed E-state index contributed by atoms with van der Waals surface area (Å²) in [5, 5.41) is 7.64. The molecule has 0 fully saturated rings. The van der Waals surface area contributed by atoms with Gasteiger partial charge in [0.2, 0.25) is 0 Å². The maximum atomic E-state index is 12.8. The molecule has 0 saturated carbocycles. The second-order valence-electron chi connectivity index (χ2n) is 4.47. The number of hydrogen-bond acceptors (Lipinski definition) is 3. The summed E-state index contributed by atoms with van der Waals surface area (Å²) in [6, 6.07) is 6.54. The molecule has 0 spiro atoms. The van der Waals surface area contributed by atoms with Crippen molar-refractivity contribution in [1.29, 1.82) is 0 Å². The lowest BCUT2D eigenvalue weighted by molar-refractivity contribution is 0.627. The Morgan fingerprint density at radius 3 is 2.63 bits per heavy atom. The van der Waals surface area contributed by atoms with Crippen LogP contribution in [0.2, 0.25) is 0 Å². The van der Waals surface area contributed by atoms with Crippen molar-refractivity contribution in [3.63, 3.8) is 0 Å². The number of rotatable bonds is 5. The van der Waals surface area contributed by atoms with Gasteiger partial charge in [-0.25, -0.2) is 9.07 Å². The molecule has 0 saturated heterocycles. The summed E-state index contributed by atoms with van der Waals surface area (Å²) in [4.78, 5) is 0. The van der Waals surface area contributed by atoms with Gasteiger partial charge >= 0.3 is 0 Å². The van der Waals surface area contributed by atoms with Crippen molar-refractivity contribution in [2.75, 3.05) is 17.6 Å². The van der Waals surface area contributed by atoms with Crippen molar-refractivity contribution in [3.05, 3.63) is 41.3 Å². The summed E-state index contributed by atoms with van der Waals surface area (Å²) >= 11 is 0. The monoisotopic (exact) mass is 262 g/mol. The van der Waals surface area contributed by atoms with Crippen molar-refractivity contribution in [2.45, 2.75) is 26.8 Å². The lowest BCUT2D eigenvalue weighted by Gasteiger charge is -2.09. The molecule has 1 aromatic carbocycles. The van der Waals surface area contributed by atoms with E-state index < -0.39 is 0 Å². The molecule has 4 nitrogen and oxygen atoms in total. The molecule has 1 heterocycles. The molecular weight excluding hydrogens is 243 g/mol. The normalized spacial score (nSPS) is 10.7. The molecule has 0 aliphatic heterocycles. The van der Waals surface area contributed by atoms with Crippen LogP contribution in [-0.2, 0) is 13.0 Å². The number of nitrogens with two attached hydrogens (primary N) is 1. The van der Waals surface area contributed by atoms with Gasteiger partial charge in [-0.1, -0.05) is 12.1 Å². The Morgan fingerprint density at radius 2 is 2.00 bits per heavy atom. The summed E-state index contributed by atoms with van der Waals surface area (Å²) in [7, 11) is 0. The van der Waals surface area contributed by atoms with E-state index in [0.717, 1.165) is 36.6 Å². The van der Waals surface area contributed by atoms with Crippen LogP contribution in [0.1, 0.15) is 18.2 Å². The van der Waals surface area contributed by atoms with Crippen LogP contribution in [0.3, 0.4) is 0 Å². The summed E-state index contributed by atoms with van der Waals surface area (Å²) < 4.78 is 14.6. The van der Waals surface area contributed by atoms with Crippen LogP contribution < -0.4 is 11.1 Å². The summed E-state index contributed by atoms with van der Waals surface area (Å²) in [5.41, 5.74) is 8.61. The van der Waals surface area contributed by atoms with E-state index in [1.165, 1.54) is 12.1 Å². The lowest BCUT2D eigenvalue weighted by Crippen LogP contribution is -2.11. The maximum absolute atomic E-state index is 12.8. The summed E-state index contributed by atoms with van der Waals surface area (Å²) in [5.74, 6) is 0.655. The van der Waals surface area contributed by atoms with Crippen LogP contribution in [0.4, 0.5) is 15.9 Å². The first-order valence-electron chi connectivity index (χ1n) is 6.43. The molecule has 0 amide bonds. The molecule has 0 radical (unpaired) electrons. The first-order chi connectivity index (χ1) is 9.11. The van der Waals surface area contributed by atoms with E-state index in [4.69, 9.17) is 5.73 Å². The van der Waals surface area contributed by atoms with Crippen molar-refractivity contribution in [3.8, 4) is 0 Å². The first kappa shape index (κ1) is 13.4. The highest BCUT2D eigenvalue weighted by Crippen LogP contribution is 2.21. The second-order valence-corrected chi connectivity index (χ2v) is 4.47. The predicted molar refractivity (Wildman–Crippen MR) is 75.6 cm³/mol. The van der Waals surface area contributed by atoms with Gasteiger partial charge in [-0.05, 0) is 38.0 Å². The Morgan fingerprint density at radius 1 is 1.32 bits per heavy atom. The Hall–Kier alpha value is -2.04. The number of aryl methyl sites for hydroxylation is 2. The average molecular weight is 262 g/mol. The minimum Gasteiger partial charge on any atom is -0.394 e. The van der Waals surface area contributed by atoms with E-state index in [-0.39, 0.29) is 5.82 Å². The van der Waals surface area contributed by atoms with Crippen molar-refractivity contribution < 1.29 is 4.39 Å². The number of anilines is 2. The van der Waals surface area contributed by atoms with E-state index in [2.05, 4.69) is 10.4 Å². The van der Waals surface area contributed by atoms with Gasteiger partial charge in [0.1, 0.15) is 11.6 Å². The highest BCUT2D eigenvalue weighted by molar-refractivity contribution is 5.64. The number of nitrogens with zero attached hydrogens (tertiary/aromatic N) is 2. The van der Waals surface area contributed by atoms with Gasteiger partial charge in [0, 0.05) is 13.1 Å². The molecule has 0 aliphatic rings. The molecule has 0 aliphatic carbocycles. The zero-order chi connectivity index (χ0) is 13.8. The van der Waals surface area contributed by atoms with Gasteiger partial charge in [-0.2, -0.15) is 5.10 Å². The van der Waals surface area contributed by atoms with Gasteiger partial charge in [0.25, 0.3) is 0 Å². The maximum Gasteiger partial charge on any atom is 0.148 e. The minimum atomic E-state index is -0.208. The summed E-state index contributed by atoms with van der Waals surface area (Å²) in [6.45, 7) is 5.43. The van der Waals surface area contributed by atoms with Gasteiger partial charge in [-0.15, -0.1) is 0 Å². The molecule has 19 heavy (non-hydrogen) atoms. The smallest absolute Gasteiger partial charge is 0.148 e. The third kappa shape index (κ3) is 3.05. The average Bonchev–Trinajstić information content (AvgIpc) is 2.68. The van der Waals surface area contributed by atoms with E-state index in [0.29, 0.717) is 5.69 Å². The zero-order valence-corrected chi connectivity index (χ0v) is 11.3. The summed E-state index contributed by atoms with van der Waals surface area (Å²) in [6.07, 6.45) is 0.813. The van der Waals surface area contributed by atoms with E-state index in [1.807, 2.05) is 18.5 Å². The highest BCUT2D eigenvalue weighted by Gasteiger charge is 2.10. The Kier molecular flexibility index (Phi) is 4.04. The zero-order valence-electron chi connectivity index (χ0n) is 11.3. The first-order valence-corrected chi connectivity index (χ1v) is 6.43. The van der Waals surface area contributed by atoms with Gasteiger partial charge in [0.05, 0.1) is 11.4 Å². The number of halogens is 1. The van der Waals surface area contributed by atoms with Crippen LogP contribution >= 0.6 is 0 Å². The number of nitrogen functional groups attached to an aromatic ring is 1. The minimum absolute atomic E-state index is 0.208. The molecule has 3 N–H and O–H groups in total. The molecule has 2 rings (SSSR count). The Balaban J connectivity index is 1.97. The third-order valence-corrected chi connectivity index (χ3v) is 3.09. The second kappa shape index (κ2) is 5.73. The predicted octanol–water partition coefficient (Wildman–Crippen LogP) is 2.59. The number of hydrogen-bond donors (Lipinski definition) is 2. The van der Waals surface area contributed by atoms with E-state index in [9.17, 15) is 4.39 Å². The molecule has 0 unspecified atom stereocenters. The SMILES string of the molecule is CCn1nc(C)c(N)c1NCCc1ccc(F)cc1. The number of aromatic nitrogens is 2. The quantitative estimate of drug-likeness (QED) is 0.870. The van der Waals surface area contributed by atoms with Crippen LogP contribution in [0.15, 0.2) is 24.3 Å². The van der Waals surface area contributed by atoms with Gasteiger partial charge in [-0.3, -0.25) is 0 Å². The molecular formula is C14H19FN4. The molecule has 2 aromatic rings. The molecule has 102 valence electrons. The fourth-order valence-corrected chi connectivity index (χ4v) is 1.99. The van der Waals surface area contributed by atoms with Crippen LogP contribution in [0.5, 0.6) is 0 Å². The molecule has 0 atom stereocenters. The van der Waals surface area contributed by atoms with Gasteiger partial charge < -0.3 is 11.1 Å². The standard InChI is InChI=1S/C14H19FN4/c1-3-19-14(13(16)10(2)18-19)17-9-8-11-4-6-12(15)7-5-11/h4-7,17H,3,8-9,16H2,1-2H3. The lowest BCUT2D eigenvalue weighted by atomic mass is 10.1. The van der Waals surface area contributed by atoms with E-state index in [1.54, 1.807) is 12.1 Å².